The molecule has 3 N–H and O–H groups in total. The second kappa shape index (κ2) is 6.23. The van der Waals surface area contributed by atoms with Gasteiger partial charge in [0.1, 0.15) is 5.03 Å². The molecule has 1 aromatic heterocycles. The number of hydrogen-bond acceptors (Lipinski definition) is 5. The molecule has 0 amide bonds. The zero-order valence-corrected chi connectivity index (χ0v) is 12.2. The Morgan fingerprint density at radius 3 is 2.68 bits per heavy atom. The summed E-state index contributed by atoms with van der Waals surface area (Å²) in [5.41, 5.74) is 8.23. The van der Waals surface area contributed by atoms with Crippen molar-refractivity contribution < 1.29 is 5.21 Å². The standard InChI is InChI=1S/C13H20N4OS/c1-8-9(2)15-16-13(11(8)12(14)17-18)19-7-10-5-3-4-6-10/h10,18H,3-7H2,1-2H3,(H2,14,17). The lowest BCUT2D eigenvalue weighted by Gasteiger charge is -2.13. The first kappa shape index (κ1) is 14.1. The van der Waals surface area contributed by atoms with Gasteiger partial charge in [0.25, 0.3) is 0 Å². The summed E-state index contributed by atoms with van der Waals surface area (Å²) in [5, 5.41) is 21.1. The van der Waals surface area contributed by atoms with Crippen molar-refractivity contribution >= 4 is 17.6 Å². The minimum Gasteiger partial charge on any atom is -0.409 e. The average Bonchev–Trinajstić information content (AvgIpc) is 2.92. The van der Waals surface area contributed by atoms with Crippen LogP contribution in [0.1, 0.15) is 42.5 Å². The minimum absolute atomic E-state index is 0.115. The third-order valence-corrected chi connectivity index (χ3v) is 4.91. The van der Waals surface area contributed by atoms with Crippen LogP contribution in [-0.4, -0.2) is 27.0 Å². The summed E-state index contributed by atoms with van der Waals surface area (Å²) in [6, 6.07) is 0. The van der Waals surface area contributed by atoms with E-state index < -0.39 is 0 Å². The van der Waals surface area contributed by atoms with Crippen molar-refractivity contribution in [2.75, 3.05) is 5.75 Å². The molecule has 0 atom stereocenters. The van der Waals surface area contributed by atoms with E-state index in [-0.39, 0.29) is 5.84 Å². The van der Waals surface area contributed by atoms with Gasteiger partial charge >= 0.3 is 0 Å². The van der Waals surface area contributed by atoms with Crippen molar-refractivity contribution in [3.05, 3.63) is 16.8 Å². The van der Waals surface area contributed by atoms with E-state index in [2.05, 4.69) is 15.4 Å². The van der Waals surface area contributed by atoms with Crippen LogP contribution in [0.5, 0.6) is 0 Å². The van der Waals surface area contributed by atoms with Crippen LogP contribution in [0.25, 0.3) is 0 Å². The molecule has 19 heavy (non-hydrogen) atoms. The third kappa shape index (κ3) is 3.18. The van der Waals surface area contributed by atoms with Crippen molar-refractivity contribution in [1.82, 2.24) is 10.2 Å². The highest BCUT2D eigenvalue weighted by atomic mass is 32.2. The van der Waals surface area contributed by atoms with Crippen molar-refractivity contribution in [2.45, 2.75) is 44.6 Å². The molecule has 0 aliphatic heterocycles. The molecule has 2 rings (SSSR count). The number of hydrogen-bond donors (Lipinski definition) is 2. The third-order valence-electron chi connectivity index (χ3n) is 3.72. The molecular weight excluding hydrogens is 260 g/mol. The van der Waals surface area contributed by atoms with Crippen LogP contribution in [0.15, 0.2) is 10.2 Å². The van der Waals surface area contributed by atoms with Gasteiger partial charge in [-0.3, -0.25) is 0 Å². The van der Waals surface area contributed by atoms with Crippen LogP contribution in [0.2, 0.25) is 0 Å². The van der Waals surface area contributed by atoms with E-state index in [1.807, 2.05) is 13.8 Å². The Labute approximate surface area is 117 Å². The average molecular weight is 280 g/mol. The van der Waals surface area contributed by atoms with Gasteiger partial charge in [-0.25, -0.2) is 0 Å². The van der Waals surface area contributed by atoms with Crippen LogP contribution in [-0.2, 0) is 0 Å². The largest absolute Gasteiger partial charge is 0.409 e. The molecule has 1 fully saturated rings. The molecule has 0 aromatic carbocycles. The summed E-state index contributed by atoms with van der Waals surface area (Å²) in [4.78, 5) is 0. The van der Waals surface area contributed by atoms with E-state index in [4.69, 9.17) is 10.9 Å². The summed E-state index contributed by atoms with van der Waals surface area (Å²) in [6.07, 6.45) is 5.25. The van der Waals surface area contributed by atoms with Crippen LogP contribution >= 0.6 is 11.8 Å². The number of rotatable bonds is 4. The van der Waals surface area contributed by atoms with E-state index in [0.29, 0.717) is 0 Å². The van der Waals surface area contributed by atoms with Gasteiger partial charge in [0.15, 0.2) is 5.84 Å². The number of nitrogens with zero attached hydrogens (tertiary/aromatic N) is 3. The van der Waals surface area contributed by atoms with Crippen molar-refractivity contribution in [1.29, 1.82) is 0 Å². The summed E-state index contributed by atoms with van der Waals surface area (Å²) in [6.45, 7) is 3.80. The number of nitrogens with two attached hydrogens (primary N) is 1. The molecule has 0 radical (unpaired) electrons. The maximum atomic E-state index is 8.91. The Balaban J connectivity index is 2.21. The molecule has 1 heterocycles. The molecule has 1 saturated carbocycles. The van der Waals surface area contributed by atoms with Gasteiger partial charge in [0.2, 0.25) is 0 Å². The monoisotopic (exact) mass is 280 g/mol. The molecule has 0 spiro atoms. The maximum absolute atomic E-state index is 8.91. The van der Waals surface area contributed by atoms with Gasteiger partial charge in [-0.2, -0.15) is 5.10 Å². The minimum atomic E-state index is 0.115. The molecule has 0 unspecified atom stereocenters. The van der Waals surface area contributed by atoms with Gasteiger partial charge < -0.3 is 10.9 Å². The van der Waals surface area contributed by atoms with Crippen molar-refractivity contribution in [2.24, 2.45) is 16.8 Å². The van der Waals surface area contributed by atoms with E-state index >= 15 is 0 Å². The first-order valence-electron chi connectivity index (χ1n) is 6.58. The predicted molar refractivity (Wildman–Crippen MR) is 76.7 cm³/mol. The van der Waals surface area contributed by atoms with Gasteiger partial charge in [0.05, 0.1) is 11.3 Å². The molecule has 1 aromatic rings. The smallest absolute Gasteiger partial charge is 0.173 e. The van der Waals surface area contributed by atoms with Crippen LogP contribution < -0.4 is 5.73 Å². The van der Waals surface area contributed by atoms with Gasteiger partial charge in [-0.1, -0.05) is 18.0 Å². The van der Waals surface area contributed by atoms with Crippen molar-refractivity contribution in [3.63, 3.8) is 0 Å². The lowest BCUT2D eigenvalue weighted by atomic mass is 10.1. The zero-order valence-electron chi connectivity index (χ0n) is 11.4. The van der Waals surface area contributed by atoms with E-state index in [0.717, 1.165) is 33.5 Å². The second-order valence-corrected chi connectivity index (χ2v) is 6.05. The van der Waals surface area contributed by atoms with Crippen LogP contribution in [0.4, 0.5) is 0 Å². The number of aryl methyl sites for hydroxylation is 1. The normalized spacial score (nSPS) is 17.1. The molecular formula is C13H20N4OS. The Kier molecular flexibility index (Phi) is 4.63. The Bertz CT molecular complexity index is 484. The molecule has 5 nitrogen and oxygen atoms in total. The Morgan fingerprint density at radius 2 is 2.05 bits per heavy atom. The fourth-order valence-electron chi connectivity index (χ4n) is 2.41. The number of amidine groups is 1. The number of thioether (sulfide) groups is 1. The molecule has 1 aliphatic rings. The van der Waals surface area contributed by atoms with Crippen LogP contribution in [0, 0.1) is 19.8 Å². The first-order valence-corrected chi connectivity index (χ1v) is 7.56. The molecule has 6 heteroatoms. The highest BCUT2D eigenvalue weighted by molar-refractivity contribution is 7.99. The Hall–Kier alpha value is -1.30. The quantitative estimate of drug-likeness (QED) is 0.291. The van der Waals surface area contributed by atoms with E-state index in [1.165, 1.54) is 25.7 Å². The van der Waals surface area contributed by atoms with Crippen LogP contribution in [0.3, 0.4) is 0 Å². The SMILES string of the molecule is Cc1nnc(SCC2CCCC2)c(C(N)=NO)c1C. The van der Waals surface area contributed by atoms with Crippen molar-refractivity contribution in [3.8, 4) is 0 Å². The number of aromatic nitrogens is 2. The maximum Gasteiger partial charge on any atom is 0.173 e. The fourth-order valence-corrected chi connectivity index (χ4v) is 3.64. The summed E-state index contributed by atoms with van der Waals surface area (Å²) < 4.78 is 0. The number of oxime groups is 1. The summed E-state index contributed by atoms with van der Waals surface area (Å²) in [5.74, 6) is 1.90. The first-order chi connectivity index (χ1) is 9.13. The topological polar surface area (TPSA) is 84.4 Å². The van der Waals surface area contributed by atoms with E-state index in [9.17, 15) is 0 Å². The zero-order chi connectivity index (χ0) is 13.8. The highest BCUT2D eigenvalue weighted by Crippen LogP contribution is 2.32. The summed E-state index contributed by atoms with van der Waals surface area (Å²) in [7, 11) is 0. The molecule has 0 saturated heterocycles. The molecule has 104 valence electrons. The molecule has 0 bridgehead atoms. The predicted octanol–water partition coefficient (Wildman–Crippen LogP) is 2.47. The fraction of sp³-hybridized carbons (Fsp3) is 0.615. The lowest BCUT2D eigenvalue weighted by molar-refractivity contribution is 0.318. The lowest BCUT2D eigenvalue weighted by Crippen LogP contribution is -2.18. The van der Waals surface area contributed by atoms with E-state index in [1.54, 1.807) is 11.8 Å². The summed E-state index contributed by atoms with van der Waals surface area (Å²) >= 11 is 1.67. The molecule has 1 aliphatic carbocycles. The Morgan fingerprint density at radius 1 is 1.37 bits per heavy atom. The van der Waals surface area contributed by atoms with Gasteiger partial charge in [-0.15, -0.1) is 16.9 Å². The van der Waals surface area contributed by atoms with Gasteiger partial charge in [0, 0.05) is 5.75 Å². The van der Waals surface area contributed by atoms with Gasteiger partial charge in [-0.05, 0) is 38.2 Å². The second-order valence-electron chi connectivity index (χ2n) is 5.04. The highest BCUT2D eigenvalue weighted by Gasteiger charge is 2.19.